The lowest BCUT2D eigenvalue weighted by molar-refractivity contribution is 0.0725. The molecule has 0 unspecified atom stereocenters. The maximum Gasteiger partial charge on any atom is 0.257 e. The first-order chi connectivity index (χ1) is 13.7. The summed E-state index contributed by atoms with van der Waals surface area (Å²) in [5.74, 6) is 0.177. The third-order valence-corrected chi connectivity index (χ3v) is 5.07. The molecule has 28 heavy (non-hydrogen) atoms. The number of likely N-dealkylation sites (tertiary alicyclic amines) is 1. The van der Waals surface area contributed by atoms with Gasteiger partial charge in [0.2, 0.25) is 0 Å². The number of nitrogens with one attached hydrogen (secondary N) is 1. The lowest BCUT2D eigenvalue weighted by Crippen LogP contribution is -2.36. The number of aromatic nitrogens is 1. The summed E-state index contributed by atoms with van der Waals surface area (Å²) in [4.78, 5) is 19.5. The van der Waals surface area contributed by atoms with E-state index in [1.165, 1.54) is 12.1 Å². The number of para-hydroxylation sites is 2. The van der Waals surface area contributed by atoms with E-state index in [0.29, 0.717) is 33.6 Å². The van der Waals surface area contributed by atoms with E-state index in [4.69, 9.17) is 4.74 Å². The van der Waals surface area contributed by atoms with E-state index in [0.717, 1.165) is 32.4 Å². The molecule has 0 bridgehead atoms. The molecule has 1 fully saturated rings. The molecule has 1 amide bonds. The van der Waals surface area contributed by atoms with Crippen LogP contribution in [0, 0.1) is 5.82 Å². The smallest absolute Gasteiger partial charge is 0.257 e. The van der Waals surface area contributed by atoms with Crippen LogP contribution >= 0.6 is 0 Å². The van der Waals surface area contributed by atoms with E-state index in [-0.39, 0.29) is 11.7 Å². The second-order valence-corrected chi connectivity index (χ2v) is 6.89. The number of carbonyl (C=O) groups is 1. The number of fused-ring (bicyclic) bond motifs is 1. The van der Waals surface area contributed by atoms with Gasteiger partial charge in [0.05, 0.1) is 29.6 Å². The summed E-state index contributed by atoms with van der Waals surface area (Å²) in [6.45, 7) is 1.46. The Labute approximate surface area is 163 Å². The van der Waals surface area contributed by atoms with E-state index >= 15 is 0 Å². The van der Waals surface area contributed by atoms with Crippen molar-refractivity contribution in [1.82, 2.24) is 9.88 Å². The van der Waals surface area contributed by atoms with E-state index in [2.05, 4.69) is 10.3 Å². The lowest BCUT2D eigenvalue weighted by Gasteiger charge is -2.28. The number of piperidine rings is 1. The van der Waals surface area contributed by atoms with Crippen LogP contribution < -0.4 is 10.1 Å². The van der Waals surface area contributed by atoms with Gasteiger partial charge in [0.25, 0.3) is 5.91 Å². The van der Waals surface area contributed by atoms with E-state index in [1.807, 2.05) is 29.2 Å². The Morgan fingerprint density at radius 2 is 1.93 bits per heavy atom. The molecular weight excluding hydrogens is 357 g/mol. The predicted molar refractivity (Wildman–Crippen MR) is 108 cm³/mol. The number of hydrogen-bond donors (Lipinski definition) is 1. The van der Waals surface area contributed by atoms with Crippen molar-refractivity contribution < 1.29 is 13.9 Å². The third-order valence-electron chi connectivity index (χ3n) is 5.07. The number of hydrogen-bond acceptors (Lipinski definition) is 4. The number of pyridine rings is 1. The average molecular weight is 379 g/mol. The minimum atomic E-state index is -0.375. The van der Waals surface area contributed by atoms with Gasteiger partial charge in [-0.1, -0.05) is 12.1 Å². The van der Waals surface area contributed by atoms with Crippen LogP contribution in [0.15, 0.2) is 48.7 Å². The van der Waals surface area contributed by atoms with Gasteiger partial charge in [-0.2, -0.15) is 0 Å². The first-order valence-corrected chi connectivity index (χ1v) is 9.45. The predicted octanol–water partition coefficient (Wildman–Crippen LogP) is 4.75. The second-order valence-electron chi connectivity index (χ2n) is 6.89. The molecule has 0 spiro atoms. The fourth-order valence-corrected chi connectivity index (χ4v) is 3.61. The summed E-state index contributed by atoms with van der Waals surface area (Å²) in [6, 6.07) is 11.8. The van der Waals surface area contributed by atoms with Crippen molar-refractivity contribution in [2.45, 2.75) is 19.3 Å². The van der Waals surface area contributed by atoms with E-state index in [9.17, 15) is 9.18 Å². The number of anilines is 2. The summed E-state index contributed by atoms with van der Waals surface area (Å²) in [6.07, 6.45) is 4.71. The molecule has 2 heterocycles. The molecule has 1 aromatic heterocycles. The molecule has 3 aromatic rings. The highest BCUT2D eigenvalue weighted by Gasteiger charge is 2.23. The zero-order valence-electron chi connectivity index (χ0n) is 15.7. The van der Waals surface area contributed by atoms with Crippen LogP contribution in [0.5, 0.6) is 5.75 Å². The van der Waals surface area contributed by atoms with Gasteiger partial charge in [0.15, 0.2) is 0 Å². The number of halogens is 1. The molecule has 0 atom stereocenters. The summed E-state index contributed by atoms with van der Waals surface area (Å²) in [7, 11) is 1.59. The summed E-state index contributed by atoms with van der Waals surface area (Å²) < 4.78 is 19.4. The molecular formula is C22H22FN3O2. The van der Waals surface area contributed by atoms with Crippen molar-refractivity contribution in [2.75, 3.05) is 25.5 Å². The summed E-state index contributed by atoms with van der Waals surface area (Å²) in [5.41, 5.74) is 2.30. The Kier molecular flexibility index (Phi) is 5.10. The molecule has 5 nitrogen and oxygen atoms in total. The van der Waals surface area contributed by atoms with Crippen LogP contribution in [0.3, 0.4) is 0 Å². The number of amides is 1. The van der Waals surface area contributed by atoms with Gasteiger partial charge in [0, 0.05) is 24.7 Å². The summed E-state index contributed by atoms with van der Waals surface area (Å²) >= 11 is 0. The van der Waals surface area contributed by atoms with Crippen LogP contribution in [-0.2, 0) is 0 Å². The minimum absolute atomic E-state index is 0.0873. The maximum absolute atomic E-state index is 14.0. The van der Waals surface area contributed by atoms with E-state index in [1.54, 1.807) is 19.4 Å². The van der Waals surface area contributed by atoms with Gasteiger partial charge in [-0.05, 0) is 49.6 Å². The van der Waals surface area contributed by atoms with Crippen LogP contribution in [0.1, 0.15) is 29.6 Å². The molecule has 0 saturated carbocycles. The van der Waals surface area contributed by atoms with Crippen molar-refractivity contribution in [3.63, 3.8) is 0 Å². The Balaban J connectivity index is 1.84. The van der Waals surface area contributed by atoms with Gasteiger partial charge >= 0.3 is 0 Å². The normalized spacial score (nSPS) is 14.1. The molecule has 2 aromatic carbocycles. The fraction of sp³-hybridized carbons (Fsp3) is 0.273. The lowest BCUT2D eigenvalue weighted by atomic mass is 10.1. The zero-order chi connectivity index (χ0) is 19.5. The quantitative estimate of drug-likeness (QED) is 0.711. The molecule has 1 aliphatic rings. The Morgan fingerprint density at radius 1 is 1.14 bits per heavy atom. The van der Waals surface area contributed by atoms with Gasteiger partial charge in [-0.3, -0.25) is 9.78 Å². The molecule has 6 heteroatoms. The van der Waals surface area contributed by atoms with Crippen molar-refractivity contribution in [3.05, 3.63) is 60.0 Å². The highest BCUT2D eigenvalue weighted by atomic mass is 19.1. The first kappa shape index (κ1) is 18.2. The summed E-state index contributed by atoms with van der Waals surface area (Å²) in [5, 5.41) is 3.87. The Morgan fingerprint density at radius 3 is 2.71 bits per heavy atom. The Bertz CT molecular complexity index is 1020. The number of carbonyl (C=O) groups excluding carboxylic acids is 1. The van der Waals surface area contributed by atoms with Crippen LogP contribution in [0.2, 0.25) is 0 Å². The standard InChI is InChI=1S/C22H22FN3O2/c1-28-20-8-4-3-7-19(20)25-21-16-13-15(23)9-10-18(16)24-14-17(21)22(27)26-11-5-2-6-12-26/h3-4,7-10,13-14H,2,5-6,11-12H2,1H3,(H,24,25). The molecule has 4 rings (SSSR count). The fourth-order valence-electron chi connectivity index (χ4n) is 3.61. The minimum Gasteiger partial charge on any atom is -0.495 e. The number of methoxy groups -OCH3 is 1. The molecule has 0 aliphatic carbocycles. The number of nitrogens with zero attached hydrogens (tertiary/aromatic N) is 2. The molecule has 144 valence electrons. The van der Waals surface area contributed by atoms with Gasteiger partial charge in [-0.15, -0.1) is 0 Å². The highest BCUT2D eigenvalue weighted by molar-refractivity contribution is 6.08. The number of benzene rings is 2. The molecule has 1 N–H and O–H groups in total. The maximum atomic E-state index is 14.0. The molecule has 1 aliphatic heterocycles. The van der Waals surface area contributed by atoms with Gasteiger partial charge < -0.3 is 15.0 Å². The number of ether oxygens (including phenoxy) is 1. The topological polar surface area (TPSA) is 54.5 Å². The van der Waals surface area contributed by atoms with Gasteiger partial charge in [-0.25, -0.2) is 4.39 Å². The monoisotopic (exact) mass is 379 g/mol. The van der Waals surface area contributed by atoms with Crippen LogP contribution in [0.4, 0.5) is 15.8 Å². The molecule has 0 radical (unpaired) electrons. The van der Waals surface area contributed by atoms with E-state index < -0.39 is 0 Å². The Hall–Kier alpha value is -3.15. The SMILES string of the molecule is COc1ccccc1Nc1c(C(=O)N2CCCCC2)cnc2ccc(F)cc12. The van der Waals surface area contributed by atoms with Crippen molar-refractivity contribution in [3.8, 4) is 5.75 Å². The zero-order valence-corrected chi connectivity index (χ0v) is 15.7. The van der Waals surface area contributed by atoms with Crippen LogP contribution in [0.25, 0.3) is 10.9 Å². The first-order valence-electron chi connectivity index (χ1n) is 9.45. The van der Waals surface area contributed by atoms with Crippen molar-refractivity contribution in [1.29, 1.82) is 0 Å². The number of rotatable bonds is 4. The van der Waals surface area contributed by atoms with Crippen molar-refractivity contribution in [2.24, 2.45) is 0 Å². The van der Waals surface area contributed by atoms with Crippen LogP contribution in [-0.4, -0.2) is 36.0 Å². The largest absolute Gasteiger partial charge is 0.495 e. The van der Waals surface area contributed by atoms with Gasteiger partial charge in [0.1, 0.15) is 11.6 Å². The third kappa shape index (κ3) is 3.50. The molecule has 1 saturated heterocycles. The average Bonchev–Trinajstić information content (AvgIpc) is 2.74. The highest BCUT2D eigenvalue weighted by Crippen LogP contribution is 2.34. The van der Waals surface area contributed by atoms with Crippen molar-refractivity contribution >= 4 is 28.2 Å². The second kappa shape index (κ2) is 7.84.